The van der Waals surface area contributed by atoms with Gasteiger partial charge in [-0.15, -0.1) is 0 Å². The fourth-order valence-electron chi connectivity index (χ4n) is 1.43. The Morgan fingerprint density at radius 1 is 0.812 bits per heavy atom. The van der Waals surface area contributed by atoms with Crippen molar-refractivity contribution in [3.63, 3.8) is 0 Å². The minimum atomic E-state index is -1.96. The van der Waals surface area contributed by atoms with Crippen LogP contribution in [0.3, 0.4) is 0 Å². The molecule has 0 aromatic heterocycles. The third-order valence-electron chi connectivity index (χ3n) is 2.14. The van der Waals surface area contributed by atoms with Gasteiger partial charge in [-0.1, -0.05) is 0 Å². The van der Waals surface area contributed by atoms with Crippen LogP contribution in [0.4, 0.5) is 17.6 Å². The van der Waals surface area contributed by atoms with Crippen LogP contribution >= 0.6 is 0 Å². The third kappa shape index (κ3) is 1.26. The Labute approximate surface area is 86.4 Å². The lowest BCUT2D eigenvalue weighted by atomic mass is 10.1. The summed E-state index contributed by atoms with van der Waals surface area (Å²) >= 11 is 0. The summed E-state index contributed by atoms with van der Waals surface area (Å²) in [7, 11) is 0. The van der Waals surface area contributed by atoms with Gasteiger partial charge in [0.1, 0.15) is 11.6 Å². The highest BCUT2D eigenvalue weighted by molar-refractivity contribution is 5.90. The first-order valence-electron chi connectivity index (χ1n) is 4.11. The topological polar surface area (TPSA) is 40.5 Å². The van der Waals surface area contributed by atoms with Crippen molar-refractivity contribution in [3.8, 4) is 11.5 Å². The maximum absolute atomic E-state index is 13.2. The van der Waals surface area contributed by atoms with Crippen molar-refractivity contribution in [2.75, 3.05) is 0 Å². The largest absolute Gasteiger partial charge is 0.508 e. The quantitative estimate of drug-likeness (QED) is 0.541. The van der Waals surface area contributed by atoms with Gasteiger partial charge in [-0.3, -0.25) is 0 Å². The lowest BCUT2D eigenvalue weighted by Crippen LogP contribution is -1.95. The standard InChI is InChI=1S/C10H4F4O2/c11-5-2-3(15)1-4-6(5)7(12)8(13)9(14)10(4)16/h1-2,15-16H. The van der Waals surface area contributed by atoms with Gasteiger partial charge in [0.2, 0.25) is 5.82 Å². The number of halogens is 4. The van der Waals surface area contributed by atoms with E-state index in [1.807, 2.05) is 0 Å². The Balaban J connectivity index is 3.08. The number of aromatic hydroxyl groups is 2. The number of phenolic OH excluding ortho intramolecular Hbond substituents is 2. The van der Waals surface area contributed by atoms with Crippen LogP contribution in [0.15, 0.2) is 12.1 Å². The molecule has 0 radical (unpaired) electrons. The molecule has 0 saturated heterocycles. The SMILES string of the molecule is Oc1cc(F)c2c(F)c(F)c(F)c(O)c2c1. The highest BCUT2D eigenvalue weighted by Crippen LogP contribution is 2.36. The van der Waals surface area contributed by atoms with Crippen molar-refractivity contribution < 1.29 is 27.8 Å². The molecule has 16 heavy (non-hydrogen) atoms. The predicted octanol–water partition coefficient (Wildman–Crippen LogP) is 2.81. The van der Waals surface area contributed by atoms with Gasteiger partial charge in [-0.05, 0) is 6.07 Å². The normalized spacial score (nSPS) is 11.0. The molecule has 84 valence electrons. The summed E-state index contributed by atoms with van der Waals surface area (Å²) in [6.45, 7) is 0. The Bertz CT molecular complexity index is 595. The fourth-order valence-corrected chi connectivity index (χ4v) is 1.43. The summed E-state index contributed by atoms with van der Waals surface area (Å²) in [5.41, 5.74) is 0. The van der Waals surface area contributed by atoms with E-state index in [4.69, 9.17) is 10.2 Å². The van der Waals surface area contributed by atoms with E-state index >= 15 is 0 Å². The summed E-state index contributed by atoms with van der Waals surface area (Å²) < 4.78 is 52.2. The molecule has 0 fully saturated rings. The summed E-state index contributed by atoms with van der Waals surface area (Å²) in [6.07, 6.45) is 0. The maximum Gasteiger partial charge on any atom is 0.204 e. The van der Waals surface area contributed by atoms with Gasteiger partial charge in [0.25, 0.3) is 0 Å². The van der Waals surface area contributed by atoms with Crippen LogP contribution in [0.25, 0.3) is 10.8 Å². The lowest BCUT2D eigenvalue weighted by Gasteiger charge is -2.07. The van der Waals surface area contributed by atoms with Crippen molar-refractivity contribution in [1.29, 1.82) is 0 Å². The summed E-state index contributed by atoms with van der Waals surface area (Å²) in [5.74, 6) is -8.71. The Morgan fingerprint density at radius 2 is 1.44 bits per heavy atom. The molecule has 0 aliphatic carbocycles. The number of benzene rings is 2. The van der Waals surface area contributed by atoms with Crippen LogP contribution in [-0.4, -0.2) is 10.2 Å². The van der Waals surface area contributed by atoms with E-state index in [0.29, 0.717) is 6.07 Å². The maximum atomic E-state index is 13.2. The molecule has 2 nitrogen and oxygen atoms in total. The third-order valence-corrected chi connectivity index (χ3v) is 2.14. The Hall–Kier alpha value is -1.98. The van der Waals surface area contributed by atoms with E-state index in [0.717, 1.165) is 6.07 Å². The monoisotopic (exact) mass is 232 g/mol. The average molecular weight is 232 g/mol. The molecular formula is C10H4F4O2. The van der Waals surface area contributed by atoms with Crippen LogP contribution in [0, 0.1) is 23.3 Å². The van der Waals surface area contributed by atoms with Gasteiger partial charge >= 0.3 is 0 Å². The highest BCUT2D eigenvalue weighted by atomic mass is 19.2. The second kappa shape index (κ2) is 3.26. The second-order valence-electron chi connectivity index (χ2n) is 3.14. The van der Waals surface area contributed by atoms with Crippen molar-refractivity contribution >= 4 is 10.8 Å². The summed E-state index contributed by atoms with van der Waals surface area (Å²) in [6, 6.07) is 1.27. The van der Waals surface area contributed by atoms with Crippen molar-refractivity contribution in [1.82, 2.24) is 0 Å². The first-order valence-corrected chi connectivity index (χ1v) is 4.11. The number of hydrogen-bond acceptors (Lipinski definition) is 2. The predicted molar refractivity (Wildman–Crippen MR) is 47.1 cm³/mol. The fraction of sp³-hybridized carbons (Fsp3) is 0. The van der Waals surface area contributed by atoms with Gasteiger partial charge in [0, 0.05) is 11.5 Å². The molecular weight excluding hydrogens is 228 g/mol. The molecule has 0 saturated carbocycles. The highest BCUT2D eigenvalue weighted by Gasteiger charge is 2.22. The molecule has 0 bridgehead atoms. The molecule has 2 aromatic carbocycles. The minimum absolute atomic E-state index is 0.530. The van der Waals surface area contributed by atoms with Crippen LogP contribution in [0.1, 0.15) is 0 Å². The molecule has 2 rings (SSSR count). The molecule has 0 amide bonds. The van der Waals surface area contributed by atoms with E-state index in [-0.39, 0.29) is 0 Å². The number of rotatable bonds is 0. The molecule has 0 aliphatic heterocycles. The van der Waals surface area contributed by atoms with Crippen LogP contribution in [-0.2, 0) is 0 Å². The van der Waals surface area contributed by atoms with Crippen molar-refractivity contribution in [2.24, 2.45) is 0 Å². The van der Waals surface area contributed by atoms with E-state index in [9.17, 15) is 17.6 Å². The number of fused-ring (bicyclic) bond motifs is 1. The molecule has 0 aliphatic rings. The van der Waals surface area contributed by atoms with Crippen molar-refractivity contribution in [3.05, 3.63) is 35.4 Å². The molecule has 2 aromatic rings. The van der Waals surface area contributed by atoms with Crippen LogP contribution in [0.5, 0.6) is 11.5 Å². The second-order valence-corrected chi connectivity index (χ2v) is 3.14. The van der Waals surface area contributed by atoms with Gasteiger partial charge in [-0.25, -0.2) is 13.2 Å². The molecule has 0 unspecified atom stereocenters. The van der Waals surface area contributed by atoms with E-state index < -0.39 is 45.5 Å². The number of phenols is 2. The van der Waals surface area contributed by atoms with Gasteiger partial charge in [0.15, 0.2) is 17.4 Å². The zero-order valence-electron chi connectivity index (χ0n) is 7.56. The Kier molecular flexibility index (Phi) is 2.15. The smallest absolute Gasteiger partial charge is 0.204 e. The zero-order valence-corrected chi connectivity index (χ0v) is 7.56. The van der Waals surface area contributed by atoms with Gasteiger partial charge < -0.3 is 10.2 Å². The van der Waals surface area contributed by atoms with Crippen LogP contribution < -0.4 is 0 Å². The van der Waals surface area contributed by atoms with Crippen LogP contribution in [0.2, 0.25) is 0 Å². The van der Waals surface area contributed by atoms with E-state index in [2.05, 4.69) is 0 Å². The molecule has 0 heterocycles. The zero-order chi connectivity index (χ0) is 12.0. The van der Waals surface area contributed by atoms with Gasteiger partial charge in [0.05, 0.1) is 5.39 Å². The number of hydrogen-bond donors (Lipinski definition) is 2. The first kappa shape index (κ1) is 10.5. The lowest BCUT2D eigenvalue weighted by molar-refractivity contribution is 0.393. The van der Waals surface area contributed by atoms with Gasteiger partial charge in [-0.2, -0.15) is 4.39 Å². The summed E-state index contributed by atoms with van der Waals surface area (Å²) in [4.78, 5) is 0. The summed E-state index contributed by atoms with van der Waals surface area (Å²) in [5, 5.41) is 16.6. The van der Waals surface area contributed by atoms with Crippen molar-refractivity contribution in [2.45, 2.75) is 0 Å². The van der Waals surface area contributed by atoms with E-state index in [1.165, 1.54) is 0 Å². The molecule has 2 N–H and O–H groups in total. The van der Waals surface area contributed by atoms with E-state index in [1.54, 1.807) is 0 Å². The molecule has 0 spiro atoms. The average Bonchev–Trinajstić information content (AvgIpc) is 2.22. The molecule has 0 atom stereocenters. The minimum Gasteiger partial charge on any atom is -0.508 e. The molecule has 6 heteroatoms. The first-order chi connectivity index (χ1) is 7.43. The Morgan fingerprint density at radius 3 is 2.06 bits per heavy atom.